The Labute approximate surface area is 210 Å². The predicted octanol–water partition coefficient (Wildman–Crippen LogP) is 1.66. The van der Waals surface area contributed by atoms with Crippen molar-refractivity contribution in [3.8, 4) is 11.4 Å². The second-order valence-corrected chi connectivity index (χ2v) is 10.6. The molecule has 0 atom stereocenters. The Balaban J connectivity index is 1.30. The standard InChI is InChI=1S/C23H30N8O4S/c1-4-35-20-9-7-19(8-10-20)31-22(25-26-27-31)17-29-13-15-30(16-14-29)23(32)24-18-5-11-21(12-6-18)36(33,34)28(2)3/h5-12H,4,13-17H2,1-3H3,(H,24,32). The number of tetrazole rings is 1. The first kappa shape index (κ1) is 25.5. The van der Waals surface area contributed by atoms with Gasteiger partial charge < -0.3 is 15.0 Å². The minimum absolute atomic E-state index is 0.173. The minimum atomic E-state index is -3.51. The number of rotatable bonds is 8. The third-order valence-electron chi connectivity index (χ3n) is 5.84. The summed E-state index contributed by atoms with van der Waals surface area (Å²) in [5, 5.41) is 15.0. The van der Waals surface area contributed by atoms with Gasteiger partial charge >= 0.3 is 6.03 Å². The molecule has 0 unspecified atom stereocenters. The zero-order valence-electron chi connectivity index (χ0n) is 20.5. The molecule has 2 heterocycles. The average molecular weight is 515 g/mol. The Bertz CT molecular complexity index is 1270. The van der Waals surface area contributed by atoms with Crippen LogP contribution in [0.5, 0.6) is 5.75 Å². The Morgan fingerprint density at radius 1 is 1.03 bits per heavy atom. The Kier molecular flexibility index (Phi) is 7.82. The molecule has 0 bridgehead atoms. The molecule has 0 spiro atoms. The summed E-state index contributed by atoms with van der Waals surface area (Å²) in [5.74, 6) is 1.50. The minimum Gasteiger partial charge on any atom is -0.494 e. The summed E-state index contributed by atoms with van der Waals surface area (Å²) in [6.07, 6.45) is 0. The zero-order valence-corrected chi connectivity index (χ0v) is 21.3. The normalized spacial score (nSPS) is 14.7. The Hall–Kier alpha value is -3.55. The van der Waals surface area contributed by atoms with Crippen LogP contribution in [0, 0.1) is 0 Å². The van der Waals surface area contributed by atoms with Crippen molar-refractivity contribution < 1.29 is 17.9 Å². The lowest BCUT2D eigenvalue weighted by molar-refractivity contribution is 0.140. The summed E-state index contributed by atoms with van der Waals surface area (Å²) in [5.41, 5.74) is 1.38. The number of amides is 2. The van der Waals surface area contributed by atoms with E-state index in [1.54, 1.807) is 21.7 Å². The van der Waals surface area contributed by atoms with Crippen molar-refractivity contribution in [1.82, 2.24) is 34.3 Å². The van der Waals surface area contributed by atoms with E-state index in [1.165, 1.54) is 26.2 Å². The first-order chi connectivity index (χ1) is 17.3. The molecule has 2 aromatic carbocycles. The zero-order chi connectivity index (χ0) is 25.7. The molecule has 1 aliphatic rings. The highest BCUT2D eigenvalue weighted by Gasteiger charge is 2.23. The number of carbonyl (C=O) groups is 1. The van der Waals surface area contributed by atoms with Crippen molar-refractivity contribution in [3.05, 3.63) is 54.4 Å². The number of sulfonamides is 1. The van der Waals surface area contributed by atoms with Gasteiger partial charge in [0.1, 0.15) is 5.75 Å². The van der Waals surface area contributed by atoms with Gasteiger partial charge in [-0.05, 0) is 65.9 Å². The highest BCUT2D eigenvalue weighted by Crippen LogP contribution is 2.18. The molecule has 0 saturated carbocycles. The van der Waals surface area contributed by atoms with Gasteiger partial charge in [-0.2, -0.15) is 4.68 Å². The van der Waals surface area contributed by atoms with Crippen LogP contribution in [0.1, 0.15) is 12.7 Å². The van der Waals surface area contributed by atoms with Crippen molar-refractivity contribution in [2.75, 3.05) is 52.2 Å². The maximum atomic E-state index is 12.7. The van der Waals surface area contributed by atoms with Gasteiger partial charge in [-0.3, -0.25) is 4.90 Å². The van der Waals surface area contributed by atoms with Gasteiger partial charge in [-0.25, -0.2) is 17.5 Å². The molecule has 13 heteroatoms. The molecule has 1 aliphatic heterocycles. The van der Waals surface area contributed by atoms with Crippen molar-refractivity contribution in [2.45, 2.75) is 18.4 Å². The number of urea groups is 1. The van der Waals surface area contributed by atoms with E-state index >= 15 is 0 Å². The van der Waals surface area contributed by atoms with E-state index in [0.29, 0.717) is 50.8 Å². The molecule has 4 rings (SSSR count). The molecule has 192 valence electrons. The van der Waals surface area contributed by atoms with Gasteiger partial charge in [0.2, 0.25) is 10.0 Å². The van der Waals surface area contributed by atoms with Crippen molar-refractivity contribution >= 4 is 21.7 Å². The highest BCUT2D eigenvalue weighted by molar-refractivity contribution is 7.89. The van der Waals surface area contributed by atoms with Gasteiger partial charge in [0.05, 0.1) is 23.7 Å². The van der Waals surface area contributed by atoms with E-state index in [0.717, 1.165) is 15.7 Å². The van der Waals surface area contributed by atoms with E-state index in [-0.39, 0.29) is 10.9 Å². The lowest BCUT2D eigenvalue weighted by Gasteiger charge is -2.34. The summed E-state index contributed by atoms with van der Waals surface area (Å²) >= 11 is 0. The summed E-state index contributed by atoms with van der Waals surface area (Å²) in [6, 6.07) is 13.5. The molecule has 36 heavy (non-hydrogen) atoms. The number of carbonyl (C=O) groups excluding carboxylic acids is 1. The smallest absolute Gasteiger partial charge is 0.321 e. The topological polar surface area (TPSA) is 126 Å². The second-order valence-electron chi connectivity index (χ2n) is 8.44. The Morgan fingerprint density at radius 2 is 1.69 bits per heavy atom. The van der Waals surface area contributed by atoms with Crippen LogP contribution in [0.3, 0.4) is 0 Å². The van der Waals surface area contributed by atoms with E-state index in [2.05, 4.69) is 25.7 Å². The fourth-order valence-corrected chi connectivity index (χ4v) is 4.69. The number of benzene rings is 2. The van der Waals surface area contributed by atoms with Crippen LogP contribution in [-0.2, 0) is 16.6 Å². The number of hydrogen-bond donors (Lipinski definition) is 1. The molecule has 1 fully saturated rings. The van der Waals surface area contributed by atoms with Gasteiger partial charge in [-0.15, -0.1) is 5.10 Å². The molecule has 12 nitrogen and oxygen atoms in total. The number of piperazine rings is 1. The van der Waals surface area contributed by atoms with Crippen LogP contribution in [-0.4, -0.2) is 95.6 Å². The number of hydrogen-bond acceptors (Lipinski definition) is 8. The van der Waals surface area contributed by atoms with Crippen LogP contribution in [0.2, 0.25) is 0 Å². The Morgan fingerprint density at radius 3 is 2.31 bits per heavy atom. The molecule has 1 saturated heterocycles. The molecule has 0 aliphatic carbocycles. The number of ether oxygens (including phenoxy) is 1. The average Bonchev–Trinajstić information content (AvgIpc) is 3.33. The fourth-order valence-electron chi connectivity index (χ4n) is 3.79. The van der Waals surface area contributed by atoms with Crippen LogP contribution in [0.4, 0.5) is 10.5 Å². The van der Waals surface area contributed by atoms with E-state index in [9.17, 15) is 13.2 Å². The number of aromatic nitrogens is 4. The van der Waals surface area contributed by atoms with Gasteiger partial charge in [0.25, 0.3) is 0 Å². The molecule has 1 N–H and O–H groups in total. The van der Waals surface area contributed by atoms with Crippen molar-refractivity contribution in [1.29, 1.82) is 0 Å². The van der Waals surface area contributed by atoms with E-state index < -0.39 is 10.0 Å². The van der Waals surface area contributed by atoms with Crippen molar-refractivity contribution in [2.24, 2.45) is 0 Å². The number of nitrogens with one attached hydrogen (secondary N) is 1. The van der Waals surface area contributed by atoms with Crippen molar-refractivity contribution in [3.63, 3.8) is 0 Å². The van der Waals surface area contributed by atoms with Crippen LogP contribution >= 0.6 is 0 Å². The van der Waals surface area contributed by atoms with E-state index in [1.807, 2.05) is 31.2 Å². The summed E-state index contributed by atoms with van der Waals surface area (Å²) in [6.45, 7) is 5.53. The number of anilines is 1. The lowest BCUT2D eigenvalue weighted by atomic mass is 10.3. The maximum Gasteiger partial charge on any atom is 0.321 e. The second kappa shape index (κ2) is 11.0. The number of nitrogens with zero attached hydrogens (tertiary/aromatic N) is 7. The summed E-state index contributed by atoms with van der Waals surface area (Å²) < 4.78 is 32.8. The summed E-state index contributed by atoms with van der Waals surface area (Å²) in [7, 11) is -0.558. The fraction of sp³-hybridized carbons (Fsp3) is 0.391. The van der Waals surface area contributed by atoms with Crippen LogP contribution in [0.25, 0.3) is 5.69 Å². The quantitative estimate of drug-likeness (QED) is 0.481. The molecular formula is C23H30N8O4S. The van der Waals surface area contributed by atoms with Gasteiger partial charge in [0.15, 0.2) is 5.82 Å². The van der Waals surface area contributed by atoms with E-state index in [4.69, 9.17) is 4.74 Å². The molecule has 3 aromatic rings. The maximum absolute atomic E-state index is 12.7. The monoisotopic (exact) mass is 514 g/mol. The molecule has 0 radical (unpaired) electrons. The van der Waals surface area contributed by atoms with Crippen LogP contribution < -0.4 is 10.1 Å². The predicted molar refractivity (Wildman–Crippen MR) is 134 cm³/mol. The largest absolute Gasteiger partial charge is 0.494 e. The molecule has 1 aromatic heterocycles. The summed E-state index contributed by atoms with van der Waals surface area (Å²) in [4.78, 5) is 16.8. The highest BCUT2D eigenvalue weighted by atomic mass is 32.2. The van der Waals surface area contributed by atoms with Gasteiger partial charge in [0, 0.05) is 46.0 Å². The molecule has 2 amide bonds. The SMILES string of the molecule is CCOc1ccc(-n2nnnc2CN2CCN(C(=O)Nc3ccc(S(=O)(=O)N(C)C)cc3)CC2)cc1. The first-order valence-corrected chi connectivity index (χ1v) is 13.0. The third-order valence-corrected chi connectivity index (χ3v) is 7.66. The molecular weight excluding hydrogens is 484 g/mol. The first-order valence-electron chi connectivity index (χ1n) is 11.6. The lowest BCUT2D eigenvalue weighted by Crippen LogP contribution is -2.49. The van der Waals surface area contributed by atoms with Gasteiger partial charge in [-0.1, -0.05) is 0 Å². The van der Waals surface area contributed by atoms with Crippen LogP contribution in [0.15, 0.2) is 53.4 Å². The third kappa shape index (κ3) is 5.80.